The fourth-order valence-corrected chi connectivity index (χ4v) is 1.92. The number of hydrogen-bond donors (Lipinski definition) is 0. The Kier molecular flexibility index (Phi) is 3.63. The standard InChI is InChI=1S/C14H12BrN3/c1-10-12(15)7-8-14(17-10)18(2)13-6-4-3-5-11(13)9-16/h3-8H,1-2H3. The number of pyridine rings is 1. The maximum absolute atomic E-state index is 9.11. The van der Waals surface area contributed by atoms with Crippen LogP contribution in [0.15, 0.2) is 40.9 Å². The van der Waals surface area contributed by atoms with Gasteiger partial charge in [0.1, 0.15) is 11.9 Å². The number of aromatic nitrogens is 1. The molecule has 1 aromatic carbocycles. The summed E-state index contributed by atoms with van der Waals surface area (Å²) in [5.41, 5.74) is 2.42. The fraction of sp³-hybridized carbons (Fsp3) is 0.143. The zero-order valence-electron chi connectivity index (χ0n) is 10.2. The van der Waals surface area contributed by atoms with E-state index in [9.17, 15) is 0 Å². The Morgan fingerprint density at radius 2 is 1.94 bits per heavy atom. The van der Waals surface area contributed by atoms with Crippen LogP contribution in [0.4, 0.5) is 11.5 Å². The minimum absolute atomic E-state index is 0.641. The van der Waals surface area contributed by atoms with Gasteiger partial charge < -0.3 is 4.90 Å². The summed E-state index contributed by atoms with van der Waals surface area (Å²) in [6, 6.07) is 13.6. The molecule has 0 aliphatic heterocycles. The van der Waals surface area contributed by atoms with Crippen molar-refractivity contribution in [2.24, 2.45) is 0 Å². The maximum Gasteiger partial charge on any atom is 0.133 e. The highest BCUT2D eigenvalue weighted by Crippen LogP contribution is 2.26. The van der Waals surface area contributed by atoms with E-state index >= 15 is 0 Å². The number of halogens is 1. The maximum atomic E-state index is 9.11. The van der Waals surface area contributed by atoms with E-state index < -0.39 is 0 Å². The summed E-state index contributed by atoms with van der Waals surface area (Å²) in [7, 11) is 1.91. The molecule has 0 atom stereocenters. The zero-order chi connectivity index (χ0) is 13.1. The predicted octanol–water partition coefficient (Wildman–Crippen LogP) is 3.79. The smallest absolute Gasteiger partial charge is 0.133 e. The minimum atomic E-state index is 0.641. The normalized spacial score (nSPS) is 9.89. The van der Waals surface area contributed by atoms with Crippen LogP contribution in [0.2, 0.25) is 0 Å². The van der Waals surface area contributed by atoms with Crippen molar-refractivity contribution < 1.29 is 0 Å². The number of hydrogen-bond acceptors (Lipinski definition) is 3. The number of rotatable bonds is 2. The molecule has 3 nitrogen and oxygen atoms in total. The number of nitrogens with zero attached hydrogens (tertiary/aromatic N) is 3. The Morgan fingerprint density at radius 1 is 1.22 bits per heavy atom. The van der Waals surface area contributed by atoms with Crippen molar-refractivity contribution in [3.63, 3.8) is 0 Å². The molecule has 0 aliphatic carbocycles. The van der Waals surface area contributed by atoms with Crippen LogP contribution in [-0.2, 0) is 0 Å². The van der Waals surface area contributed by atoms with Crippen LogP contribution < -0.4 is 4.90 Å². The van der Waals surface area contributed by atoms with Crippen molar-refractivity contribution in [2.75, 3.05) is 11.9 Å². The first kappa shape index (κ1) is 12.6. The number of benzene rings is 1. The number of aryl methyl sites for hydroxylation is 1. The van der Waals surface area contributed by atoms with E-state index in [4.69, 9.17) is 5.26 Å². The molecule has 0 spiro atoms. The molecule has 0 aliphatic rings. The molecule has 0 radical (unpaired) electrons. The molecule has 18 heavy (non-hydrogen) atoms. The lowest BCUT2D eigenvalue weighted by molar-refractivity contribution is 1.08. The van der Waals surface area contributed by atoms with Crippen molar-refractivity contribution in [2.45, 2.75) is 6.92 Å². The second kappa shape index (κ2) is 5.19. The fourth-order valence-electron chi connectivity index (χ4n) is 1.70. The molecule has 0 fully saturated rings. The van der Waals surface area contributed by atoms with Crippen molar-refractivity contribution in [1.29, 1.82) is 5.26 Å². The lowest BCUT2D eigenvalue weighted by atomic mass is 10.2. The molecule has 2 aromatic rings. The van der Waals surface area contributed by atoms with E-state index in [0.29, 0.717) is 5.56 Å². The van der Waals surface area contributed by atoms with Gasteiger partial charge in [0.05, 0.1) is 16.9 Å². The SMILES string of the molecule is Cc1nc(N(C)c2ccccc2C#N)ccc1Br. The monoisotopic (exact) mass is 301 g/mol. The van der Waals surface area contributed by atoms with Gasteiger partial charge in [0, 0.05) is 11.5 Å². The van der Waals surface area contributed by atoms with E-state index in [1.54, 1.807) is 6.07 Å². The molecular weight excluding hydrogens is 290 g/mol. The van der Waals surface area contributed by atoms with E-state index in [1.807, 2.05) is 49.2 Å². The van der Waals surface area contributed by atoms with Gasteiger partial charge in [-0.15, -0.1) is 0 Å². The summed E-state index contributed by atoms with van der Waals surface area (Å²) >= 11 is 3.43. The number of nitriles is 1. The molecule has 2 rings (SSSR count). The van der Waals surface area contributed by atoms with E-state index in [2.05, 4.69) is 27.0 Å². The predicted molar refractivity (Wildman–Crippen MR) is 75.9 cm³/mol. The third-order valence-corrected chi connectivity index (χ3v) is 3.57. The van der Waals surface area contributed by atoms with E-state index in [-0.39, 0.29) is 0 Å². The Balaban J connectivity index is 2.45. The molecular formula is C14H12BrN3. The first-order chi connectivity index (χ1) is 8.63. The van der Waals surface area contributed by atoms with Gasteiger partial charge >= 0.3 is 0 Å². The topological polar surface area (TPSA) is 39.9 Å². The van der Waals surface area contributed by atoms with Gasteiger partial charge in [-0.25, -0.2) is 4.98 Å². The number of anilines is 2. The Morgan fingerprint density at radius 3 is 2.61 bits per heavy atom. The van der Waals surface area contributed by atoms with Gasteiger partial charge in [-0.2, -0.15) is 5.26 Å². The van der Waals surface area contributed by atoms with Crippen molar-refractivity contribution in [1.82, 2.24) is 4.98 Å². The summed E-state index contributed by atoms with van der Waals surface area (Å²) < 4.78 is 0.980. The molecule has 0 N–H and O–H groups in total. The number of para-hydroxylation sites is 1. The summed E-state index contributed by atoms with van der Waals surface area (Å²) in [6.45, 7) is 1.94. The van der Waals surface area contributed by atoms with Crippen LogP contribution in [0.1, 0.15) is 11.3 Å². The van der Waals surface area contributed by atoms with Crippen molar-refractivity contribution >= 4 is 27.4 Å². The Labute approximate surface area is 115 Å². The lowest BCUT2D eigenvalue weighted by Gasteiger charge is -2.20. The zero-order valence-corrected chi connectivity index (χ0v) is 11.8. The summed E-state index contributed by atoms with van der Waals surface area (Å²) in [5.74, 6) is 0.818. The molecule has 0 saturated heterocycles. The molecule has 90 valence electrons. The molecule has 0 saturated carbocycles. The average molecular weight is 302 g/mol. The molecule has 4 heteroatoms. The second-order valence-electron chi connectivity index (χ2n) is 3.92. The summed E-state index contributed by atoms with van der Waals surface area (Å²) in [5, 5.41) is 9.11. The van der Waals surface area contributed by atoms with Crippen LogP contribution in [0.3, 0.4) is 0 Å². The largest absolute Gasteiger partial charge is 0.328 e. The summed E-state index contributed by atoms with van der Waals surface area (Å²) in [4.78, 5) is 6.41. The summed E-state index contributed by atoms with van der Waals surface area (Å²) in [6.07, 6.45) is 0. The molecule has 1 heterocycles. The van der Waals surface area contributed by atoms with Crippen LogP contribution in [0.25, 0.3) is 0 Å². The highest BCUT2D eigenvalue weighted by Gasteiger charge is 2.10. The van der Waals surface area contributed by atoms with Crippen LogP contribution in [0, 0.1) is 18.3 Å². The highest BCUT2D eigenvalue weighted by atomic mass is 79.9. The van der Waals surface area contributed by atoms with Gasteiger partial charge in [-0.1, -0.05) is 12.1 Å². The van der Waals surface area contributed by atoms with Gasteiger partial charge in [0.2, 0.25) is 0 Å². The van der Waals surface area contributed by atoms with Gasteiger partial charge in [-0.3, -0.25) is 0 Å². The van der Waals surface area contributed by atoms with E-state index in [1.165, 1.54) is 0 Å². The molecule has 0 unspecified atom stereocenters. The quantitative estimate of drug-likeness (QED) is 0.847. The molecule has 1 aromatic heterocycles. The molecule has 0 bridgehead atoms. The first-order valence-corrected chi connectivity index (χ1v) is 6.29. The third-order valence-electron chi connectivity index (χ3n) is 2.74. The Bertz CT molecular complexity index is 617. The first-order valence-electron chi connectivity index (χ1n) is 5.49. The van der Waals surface area contributed by atoms with Crippen LogP contribution >= 0.6 is 15.9 Å². The third kappa shape index (κ3) is 2.36. The van der Waals surface area contributed by atoms with Crippen molar-refractivity contribution in [3.8, 4) is 6.07 Å². The minimum Gasteiger partial charge on any atom is -0.328 e. The van der Waals surface area contributed by atoms with Crippen LogP contribution in [0.5, 0.6) is 0 Å². The van der Waals surface area contributed by atoms with E-state index in [0.717, 1.165) is 21.7 Å². The van der Waals surface area contributed by atoms with Gasteiger partial charge in [0.25, 0.3) is 0 Å². The second-order valence-corrected chi connectivity index (χ2v) is 4.78. The Hall–Kier alpha value is -1.86. The lowest BCUT2D eigenvalue weighted by Crippen LogP contribution is -2.13. The average Bonchev–Trinajstić information content (AvgIpc) is 2.41. The highest BCUT2D eigenvalue weighted by molar-refractivity contribution is 9.10. The van der Waals surface area contributed by atoms with Gasteiger partial charge in [-0.05, 0) is 47.1 Å². The van der Waals surface area contributed by atoms with Gasteiger partial charge in [0.15, 0.2) is 0 Å². The molecule has 0 amide bonds. The van der Waals surface area contributed by atoms with Crippen molar-refractivity contribution in [3.05, 3.63) is 52.1 Å². The van der Waals surface area contributed by atoms with Crippen LogP contribution in [-0.4, -0.2) is 12.0 Å².